The third-order valence-electron chi connectivity index (χ3n) is 3.15. The molecule has 2 nitrogen and oxygen atoms in total. The van der Waals surface area contributed by atoms with E-state index in [9.17, 15) is 4.39 Å². The Bertz CT molecular complexity index is 432. The topological polar surface area (TPSA) is 27.0 Å². The fraction of sp³-hybridized carbons (Fsp3) is 0.500. The fourth-order valence-electron chi connectivity index (χ4n) is 2.04. The van der Waals surface area contributed by atoms with Gasteiger partial charge in [-0.1, -0.05) is 6.92 Å². The molecule has 3 heteroatoms. The lowest BCUT2D eigenvalue weighted by atomic mass is 10.1. The van der Waals surface area contributed by atoms with Crippen LogP contribution in [0.5, 0.6) is 0 Å². The zero-order valence-electron chi connectivity index (χ0n) is 10.1. The summed E-state index contributed by atoms with van der Waals surface area (Å²) in [4.78, 5) is 2.31. The van der Waals surface area contributed by atoms with Gasteiger partial charge in [0.1, 0.15) is 5.82 Å². The van der Waals surface area contributed by atoms with Gasteiger partial charge in [0.25, 0.3) is 0 Å². The van der Waals surface area contributed by atoms with Gasteiger partial charge in [-0.2, -0.15) is 5.26 Å². The van der Waals surface area contributed by atoms with Crippen LogP contribution in [0.3, 0.4) is 0 Å². The molecular formula is C14H17FN2. The molecule has 0 unspecified atom stereocenters. The van der Waals surface area contributed by atoms with E-state index >= 15 is 0 Å². The second-order valence-corrected chi connectivity index (χ2v) is 4.73. The van der Waals surface area contributed by atoms with Crippen LogP contribution in [-0.2, 0) is 6.54 Å². The number of hydrogen-bond donors (Lipinski definition) is 0. The summed E-state index contributed by atoms with van der Waals surface area (Å²) in [5.74, 6) is 0.514. The largest absolute Gasteiger partial charge is 0.299 e. The molecule has 1 fully saturated rings. The van der Waals surface area contributed by atoms with Gasteiger partial charge in [0.2, 0.25) is 0 Å². The quantitative estimate of drug-likeness (QED) is 0.780. The Morgan fingerprint density at radius 3 is 2.76 bits per heavy atom. The molecule has 0 radical (unpaired) electrons. The number of halogens is 1. The van der Waals surface area contributed by atoms with Crippen LogP contribution in [0.4, 0.5) is 4.39 Å². The Hall–Kier alpha value is -1.40. The SMILES string of the molecule is CCN(Cc1cc(F)cc(C#N)c1)CC1CC1. The average molecular weight is 232 g/mol. The molecule has 1 aliphatic rings. The molecule has 0 aliphatic heterocycles. The summed E-state index contributed by atoms with van der Waals surface area (Å²) in [5, 5.41) is 8.80. The van der Waals surface area contributed by atoms with E-state index in [4.69, 9.17) is 5.26 Å². The van der Waals surface area contributed by atoms with Crippen molar-refractivity contribution in [1.82, 2.24) is 4.90 Å². The van der Waals surface area contributed by atoms with Crippen molar-refractivity contribution in [2.24, 2.45) is 5.92 Å². The van der Waals surface area contributed by atoms with E-state index in [2.05, 4.69) is 11.8 Å². The number of hydrogen-bond acceptors (Lipinski definition) is 2. The Labute approximate surface area is 102 Å². The van der Waals surface area contributed by atoms with Gasteiger partial charge in [0.15, 0.2) is 0 Å². The van der Waals surface area contributed by atoms with Crippen molar-refractivity contribution in [3.8, 4) is 6.07 Å². The maximum Gasteiger partial charge on any atom is 0.124 e. The van der Waals surface area contributed by atoms with Gasteiger partial charge in [0.05, 0.1) is 11.6 Å². The summed E-state index contributed by atoms with van der Waals surface area (Å²) in [6, 6.07) is 6.57. The molecule has 0 atom stereocenters. The van der Waals surface area contributed by atoms with Crippen molar-refractivity contribution < 1.29 is 4.39 Å². The fourth-order valence-corrected chi connectivity index (χ4v) is 2.04. The summed E-state index contributed by atoms with van der Waals surface area (Å²) in [6.45, 7) is 4.91. The van der Waals surface area contributed by atoms with Crippen LogP contribution in [0, 0.1) is 23.1 Å². The molecule has 0 heterocycles. The predicted octanol–water partition coefficient (Wildman–Crippen LogP) is 2.93. The van der Waals surface area contributed by atoms with Gasteiger partial charge in [0, 0.05) is 13.1 Å². The first-order valence-electron chi connectivity index (χ1n) is 6.13. The van der Waals surface area contributed by atoms with Gasteiger partial charge < -0.3 is 0 Å². The molecule has 1 aromatic carbocycles. The minimum Gasteiger partial charge on any atom is -0.299 e. The second-order valence-electron chi connectivity index (χ2n) is 4.73. The Kier molecular flexibility index (Phi) is 3.75. The van der Waals surface area contributed by atoms with E-state index in [0.29, 0.717) is 5.56 Å². The second kappa shape index (κ2) is 5.29. The summed E-state index contributed by atoms with van der Waals surface area (Å²) < 4.78 is 13.3. The molecule has 0 spiro atoms. The van der Waals surface area contributed by atoms with Gasteiger partial charge >= 0.3 is 0 Å². The number of nitrogens with zero attached hydrogens (tertiary/aromatic N) is 2. The van der Waals surface area contributed by atoms with Gasteiger partial charge in [-0.25, -0.2) is 4.39 Å². The highest BCUT2D eigenvalue weighted by Gasteiger charge is 2.23. The molecular weight excluding hydrogens is 215 g/mol. The zero-order valence-corrected chi connectivity index (χ0v) is 10.1. The van der Waals surface area contributed by atoms with Gasteiger partial charge in [-0.3, -0.25) is 4.90 Å². The van der Waals surface area contributed by atoms with E-state index in [-0.39, 0.29) is 5.82 Å². The third kappa shape index (κ3) is 3.54. The molecule has 0 amide bonds. The highest BCUT2D eigenvalue weighted by atomic mass is 19.1. The molecule has 0 aromatic heterocycles. The van der Waals surface area contributed by atoms with Crippen LogP contribution >= 0.6 is 0 Å². The van der Waals surface area contributed by atoms with Crippen LogP contribution in [0.2, 0.25) is 0 Å². The lowest BCUT2D eigenvalue weighted by Crippen LogP contribution is -2.25. The predicted molar refractivity (Wildman–Crippen MR) is 64.8 cm³/mol. The maximum absolute atomic E-state index is 13.3. The van der Waals surface area contributed by atoms with Crippen molar-refractivity contribution in [3.05, 3.63) is 35.1 Å². The molecule has 2 rings (SSSR count). The molecule has 1 saturated carbocycles. The Morgan fingerprint density at radius 2 is 2.18 bits per heavy atom. The Morgan fingerprint density at radius 1 is 1.41 bits per heavy atom. The van der Waals surface area contributed by atoms with Crippen LogP contribution in [0.1, 0.15) is 30.9 Å². The third-order valence-corrected chi connectivity index (χ3v) is 3.15. The first-order valence-corrected chi connectivity index (χ1v) is 6.13. The normalized spacial score (nSPS) is 14.9. The highest BCUT2D eigenvalue weighted by molar-refractivity contribution is 5.33. The molecule has 0 saturated heterocycles. The number of benzene rings is 1. The zero-order chi connectivity index (χ0) is 12.3. The lowest BCUT2D eigenvalue weighted by molar-refractivity contribution is 0.268. The standard InChI is InChI=1S/C14H17FN2/c1-2-17(9-11-3-4-11)10-13-5-12(8-16)6-14(15)7-13/h5-7,11H,2-4,9-10H2,1H3. The summed E-state index contributed by atoms with van der Waals surface area (Å²) in [6.07, 6.45) is 2.65. The first kappa shape index (κ1) is 12.1. The van der Waals surface area contributed by atoms with E-state index in [1.54, 1.807) is 6.07 Å². The van der Waals surface area contributed by atoms with Crippen molar-refractivity contribution in [2.75, 3.05) is 13.1 Å². The van der Waals surface area contributed by atoms with Crippen molar-refractivity contribution in [3.63, 3.8) is 0 Å². The Balaban J connectivity index is 2.05. The van der Waals surface area contributed by atoms with Gasteiger partial charge in [-0.15, -0.1) is 0 Å². The van der Waals surface area contributed by atoms with Crippen molar-refractivity contribution in [2.45, 2.75) is 26.3 Å². The molecule has 0 bridgehead atoms. The molecule has 1 aromatic rings. The summed E-state index contributed by atoms with van der Waals surface area (Å²) >= 11 is 0. The van der Waals surface area contributed by atoms with E-state index < -0.39 is 0 Å². The van der Waals surface area contributed by atoms with Crippen LogP contribution in [0.25, 0.3) is 0 Å². The maximum atomic E-state index is 13.3. The molecule has 17 heavy (non-hydrogen) atoms. The van der Waals surface area contributed by atoms with E-state index in [0.717, 1.165) is 31.1 Å². The number of nitriles is 1. The lowest BCUT2D eigenvalue weighted by Gasteiger charge is -2.20. The van der Waals surface area contributed by atoms with E-state index in [1.165, 1.54) is 25.0 Å². The molecule has 1 aliphatic carbocycles. The van der Waals surface area contributed by atoms with Crippen LogP contribution in [0.15, 0.2) is 18.2 Å². The monoisotopic (exact) mass is 232 g/mol. The smallest absolute Gasteiger partial charge is 0.124 e. The van der Waals surface area contributed by atoms with Crippen LogP contribution in [-0.4, -0.2) is 18.0 Å². The van der Waals surface area contributed by atoms with Crippen LogP contribution < -0.4 is 0 Å². The molecule has 90 valence electrons. The minimum absolute atomic E-state index is 0.318. The van der Waals surface area contributed by atoms with Gasteiger partial charge in [-0.05, 0) is 49.1 Å². The highest BCUT2D eigenvalue weighted by Crippen LogP contribution is 2.30. The minimum atomic E-state index is -0.318. The summed E-state index contributed by atoms with van der Waals surface area (Å²) in [5.41, 5.74) is 1.30. The van der Waals surface area contributed by atoms with E-state index in [1.807, 2.05) is 6.07 Å². The van der Waals surface area contributed by atoms with Crippen molar-refractivity contribution >= 4 is 0 Å². The first-order chi connectivity index (χ1) is 8.21. The molecule has 0 N–H and O–H groups in total. The summed E-state index contributed by atoms with van der Waals surface area (Å²) in [7, 11) is 0. The van der Waals surface area contributed by atoms with Crippen molar-refractivity contribution in [1.29, 1.82) is 5.26 Å². The number of rotatable bonds is 5. The average Bonchev–Trinajstić information content (AvgIpc) is 3.11.